The molecule has 1 aromatic carbocycles. The monoisotopic (exact) mass is 368 g/mol. The predicted molar refractivity (Wildman–Crippen MR) is 102 cm³/mol. The zero-order valence-electron chi connectivity index (χ0n) is 15.9. The van der Waals surface area contributed by atoms with Crippen LogP contribution in [0.2, 0.25) is 0 Å². The first-order valence-electron chi connectivity index (χ1n) is 10.3. The molecule has 4 aliphatic rings. The van der Waals surface area contributed by atoms with Gasteiger partial charge in [0, 0.05) is 35.9 Å². The summed E-state index contributed by atoms with van der Waals surface area (Å²) in [5, 5.41) is 11.0. The maximum atomic E-state index is 12.5. The van der Waals surface area contributed by atoms with Crippen molar-refractivity contribution >= 4 is 11.7 Å². The molecule has 3 aliphatic carbocycles. The van der Waals surface area contributed by atoms with Gasteiger partial charge in [-0.15, -0.1) is 0 Å². The molecule has 2 saturated carbocycles. The van der Waals surface area contributed by atoms with Gasteiger partial charge in [0.1, 0.15) is 11.5 Å². The molecule has 0 radical (unpaired) electrons. The second-order valence-corrected chi connectivity index (χ2v) is 9.21. The number of carbonyl (C=O) groups excluding carboxylic acids is 2. The minimum absolute atomic E-state index is 0.0295. The minimum Gasteiger partial charge on any atom is -0.507 e. The lowest BCUT2D eigenvalue weighted by Crippen LogP contribution is -2.63. The molecular formula is C22H28N2O3. The second kappa shape index (κ2) is 5.81. The summed E-state index contributed by atoms with van der Waals surface area (Å²) < 4.78 is 0. The number of hydrogen-bond donors (Lipinski definition) is 2. The summed E-state index contributed by atoms with van der Waals surface area (Å²) in [5.41, 5.74) is 7.31. The molecule has 3 N–H and O–H groups in total. The Balaban J connectivity index is 1.65. The summed E-state index contributed by atoms with van der Waals surface area (Å²) >= 11 is 0. The number of hydrogen-bond acceptors (Lipinski definition) is 4. The van der Waals surface area contributed by atoms with E-state index in [1.807, 2.05) is 6.07 Å². The maximum Gasteiger partial charge on any atom is 0.252 e. The molecule has 144 valence electrons. The van der Waals surface area contributed by atoms with E-state index in [9.17, 15) is 14.7 Å². The molecule has 1 unspecified atom stereocenters. The fourth-order valence-electron chi connectivity index (χ4n) is 6.52. The van der Waals surface area contributed by atoms with Gasteiger partial charge < -0.3 is 10.8 Å². The summed E-state index contributed by atoms with van der Waals surface area (Å²) in [6.07, 6.45) is 6.44. The third kappa shape index (κ3) is 2.40. The van der Waals surface area contributed by atoms with Crippen LogP contribution in [0.5, 0.6) is 5.75 Å². The molecule has 1 saturated heterocycles. The van der Waals surface area contributed by atoms with Crippen molar-refractivity contribution in [3.8, 4) is 5.75 Å². The first kappa shape index (κ1) is 17.2. The molecule has 1 heterocycles. The predicted octanol–water partition coefficient (Wildman–Crippen LogP) is 2.53. The molecule has 1 aromatic rings. The van der Waals surface area contributed by atoms with Gasteiger partial charge in [0.15, 0.2) is 0 Å². The number of ketones is 1. The van der Waals surface area contributed by atoms with E-state index in [1.165, 1.54) is 12.8 Å². The normalized spacial score (nSPS) is 33.9. The summed E-state index contributed by atoms with van der Waals surface area (Å²) in [6.45, 7) is 3.33. The zero-order chi connectivity index (χ0) is 18.9. The van der Waals surface area contributed by atoms with Crippen LogP contribution in [0.3, 0.4) is 0 Å². The zero-order valence-corrected chi connectivity index (χ0v) is 15.9. The number of rotatable bonds is 3. The van der Waals surface area contributed by atoms with Crippen molar-refractivity contribution in [3.05, 3.63) is 28.8 Å². The first-order valence-corrected chi connectivity index (χ1v) is 10.3. The number of primary amides is 1. The molecular weight excluding hydrogens is 340 g/mol. The van der Waals surface area contributed by atoms with Gasteiger partial charge in [-0.2, -0.15) is 0 Å². The quantitative estimate of drug-likeness (QED) is 0.859. The first-order chi connectivity index (χ1) is 12.9. The number of aromatic hydroxyl groups is 1. The van der Waals surface area contributed by atoms with Crippen molar-refractivity contribution < 1.29 is 14.7 Å². The highest BCUT2D eigenvalue weighted by Crippen LogP contribution is 2.58. The molecule has 5 heteroatoms. The summed E-state index contributed by atoms with van der Waals surface area (Å²) in [6, 6.07) is 4.63. The number of fused-ring (bicyclic) bond motifs is 1. The van der Waals surface area contributed by atoms with Crippen LogP contribution in [0.1, 0.15) is 66.9 Å². The Morgan fingerprint density at radius 1 is 1.33 bits per heavy atom. The number of amides is 1. The van der Waals surface area contributed by atoms with Crippen LogP contribution >= 0.6 is 0 Å². The third-order valence-electron chi connectivity index (χ3n) is 7.95. The van der Waals surface area contributed by atoms with E-state index < -0.39 is 5.91 Å². The fourth-order valence-corrected chi connectivity index (χ4v) is 6.52. The Bertz CT molecular complexity index is 831. The smallest absolute Gasteiger partial charge is 0.252 e. The van der Waals surface area contributed by atoms with E-state index in [4.69, 9.17) is 5.73 Å². The highest BCUT2D eigenvalue weighted by atomic mass is 16.3. The van der Waals surface area contributed by atoms with Crippen molar-refractivity contribution in [2.24, 2.45) is 17.6 Å². The molecule has 27 heavy (non-hydrogen) atoms. The van der Waals surface area contributed by atoms with Crippen LogP contribution in [0.4, 0.5) is 0 Å². The average molecular weight is 368 g/mol. The number of piperidine rings is 1. The Morgan fingerprint density at radius 2 is 2.11 bits per heavy atom. The summed E-state index contributed by atoms with van der Waals surface area (Å²) in [7, 11) is 0. The van der Waals surface area contributed by atoms with Crippen molar-refractivity contribution in [2.75, 3.05) is 6.54 Å². The largest absolute Gasteiger partial charge is 0.507 e. The summed E-state index contributed by atoms with van der Waals surface area (Å²) in [4.78, 5) is 27.0. The van der Waals surface area contributed by atoms with Crippen molar-refractivity contribution in [1.29, 1.82) is 0 Å². The number of carbonyl (C=O) groups is 2. The number of Topliss-reactive ketones (excluding diaryl/α,β-unsaturated/α-hetero) is 1. The van der Waals surface area contributed by atoms with Gasteiger partial charge in [0.05, 0.1) is 5.56 Å². The van der Waals surface area contributed by atoms with Gasteiger partial charge in [0.2, 0.25) is 0 Å². The third-order valence-corrected chi connectivity index (χ3v) is 7.95. The number of nitrogens with zero attached hydrogens (tertiary/aromatic N) is 1. The van der Waals surface area contributed by atoms with Gasteiger partial charge >= 0.3 is 0 Å². The van der Waals surface area contributed by atoms with E-state index in [2.05, 4.69) is 11.8 Å². The highest BCUT2D eigenvalue weighted by molar-refractivity contribution is 5.96. The van der Waals surface area contributed by atoms with E-state index >= 15 is 0 Å². The van der Waals surface area contributed by atoms with E-state index in [1.54, 1.807) is 6.07 Å². The number of likely N-dealkylation sites (tertiary alicyclic amines) is 1. The molecule has 2 bridgehead atoms. The molecule has 1 aliphatic heterocycles. The van der Waals surface area contributed by atoms with Gasteiger partial charge in [-0.1, -0.05) is 6.07 Å². The van der Waals surface area contributed by atoms with Crippen LogP contribution in [0.15, 0.2) is 12.1 Å². The Hall–Kier alpha value is -1.88. The molecule has 5 nitrogen and oxygen atoms in total. The number of benzene rings is 1. The van der Waals surface area contributed by atoms with Gasteiger partial charge in [-0.05, 0) is 69.0 Å². The fraction of sp³-hybridized carbons (Fsp3) is 0.636. The van der Waals surface area contributed by atoms with Crippen molar-refractivity contribution in [3.63, 3.8) is 0 Å². The van der Waals surface area contributed by atoms with Crippen LogP contribution in [-0.4, -0.2) is 40.3 Å². The SMILES string of the molecule is C[C@H](C1CC1)N1CC[C@]23CC(=O)CC[C@H]2C1Cc1ccc(C(N)=O)c(O)c13. The van der Waals surface area contributed by atoms with Crippen molar-refractivity contribution in [1.82, 2.24) is 4.90 Å². The Morgan fingerprint density at radius 3 is 2.81 bits per heavy atom. The molecule has 0 spiro atoms. The van der Waals surface area contributed by atoms with Gasteiger partial charge in [0.25, 0.3) is 5.91 Å². The Labute approximate surface area is 159 Å². The van der Waals surface area contributed by atoms with Crippen LogP contribution in [0, 0.1) is 11.8 Å². The molecule has 0 aromatic heterocycles. The van der Waals surface area contributed by atoms with Gasteiger partial charge in [-0.25, -0.2) is 0 Å². The lowest BCUT2D eigenvalue weighted by Gasteiger charge is -2.60. The second-order valence-electron chi connectivity index (χ2n) is 9.21. The van der Waals surface area contributed by atoms with E-state index in [-0.39, 0.29) is 22.5 Å². The molecule has 4 atom stereocenters. The lowest BCUT2D eigenvalue weighted by atomic mass is 9.51. The van der Waals surface area contributed by atoms with Crippen molar-refractivity contribution in [2.45, 2.75) is 69.4 Å². The Kier molecular flexibility index (Phi) is 3.71. The van der Waals surface area contributed by atoms with Crippen LogP contribution in [0.25, 0.3) is 0 Å². The summed E-state index contributed by atoms with van der Waals surface area (Å²) in [5.74, 6) is 0.890. The number of phenols is 1. The molecule has 1 amide bonds. The van der Waals surface area contributed by atoms with E-state index in [0.29, 0.717) is 30.8 Å². The average Bonchev–Trinajstić information content (AvgIpc) is 3.45. The minimum atomic E-state index is -0.604. The topological polar surface area (TPSA) is 83.6 Å². The van der Waals surface area contributed by atoms with Crippen LogP contribution < -0.4 is 5.73 Å². The lowest BCUT2D eigenvalue weighted by molar-refractivity contribution is -0.128. The standard InChI is InChI=1S/C22H28N2O3/c1-12(13-2-3-13)24-9-8-22-11-15(25)5-7-17(22)18(24)10-14-4-6-16(21(23)27)20(26)19(14)22/h4,6,12-13,17-18,26H,2-3,5,7-11H2,1H3,(H2,23,27)/t12-,17+,18?,22+/m1/s1. The van der Waals surface area contributed by atoms with Crippen LogP contribution in [-0.2, 0) is 16.6 Å². The number of nitrogens with two attached hydrogens (primary N) is 1. The van der Waals surface area contributed by atoms with Gasteiger partial charge in [-0.3, -0.25) is 14.5 Å². The molecule has 5 rings (SSSR count). The van der Waals surface area contributed by atoms with E-state index in [0.717, 1.165) is 42.9 Å². The maximum absolute atomic E-state index is 12.5. The molecule has 3 fully saturated rings. The highest BCUT2D eigenvalue weighted by Gasteiger charge is 2.58.